The van der Waals surface area contributed by atoms with Crippen molar-refractivity contribution in [1.82, 2.24) is 25.0 Å². The van der Waals surface area contributed by atoms with Gasteiger partial charge in [0.05, 0.1) is 96.6 Å². The Morgan fingerprint density at radius 3 is 2.12 bits per heavy atom. The van der Waals surface area contributed by atoms with Crippen LogP contribution < -0.4 is 30.2 Å². The van der Waals surface area contributed by atoms with Crippen molar-refractivity contribution in [3.8, 4) is 23.3 Å². The number of hydrogen-bond acceptors (Lipinski definition) is 15. The predicted octanol–water partition coefficient (Wildman–Crippen LogP) is 8.76. The molecule has 402 valence electrons. The van der Waals surface area contributed by atoms with Crippen molar-refractivity contribution in [2.24, 2.45) is 0 Å². The van der Waals surface area contributed by atoms with E-state index in [9.17, 15) is 24.4 Å². The molecule has 0 radical (unpaired) electrons. The molecule has 1 atom stereocenters. The molecule has 3 aliphatic heterocycles. The van der Waals surface area contributed by atoms with Gasteiger partial charge in [0.1, 0.15) is 17.9 Å². The van der Waals surface area contributed by atoms with E-state index in [0.717, 1.165) is 82.9 Å². The number of imide groups is 1. The van der Waals surface area contributed by atoms with Crippen LogP contribution in [-0.2, 0) is 23.8 Å². The molecule has 0 saturated carbocycles. The van der Waals surface area contributed by atoms with Gasteiger partial charge in [0.15, 0.2) is 11.5 Å². The summed E-state index contributed by atoms with van der Waals surface area (Å²) < 4.78 is 34.4. The summed E-state index contributed by atoms with van der Waals surface area (Å²) >= 11 is 12.7. The highest BCUT2D eigenvalue weighted by atomic mass is 35.5. The quantitative estimate of drug-likeness (QED) is 0.0330. The molecule has 4 amide bonds. The number of halogens is 2. The molecule has 0 bridgehead atoms. The van der Waals surface area contributed by atoms with Gasteiger partial charge in [0.25, 0.3) is 11.8 Å². The van der Waals surface area contributed by atoms with Crippen molar-refractivity contribution in [1.29, 1.82) is 5.26 Å². The molecular formula is C55H68Cl2N8O10. The molecule has 0 spiro atoms. The number of nitrogens with zero attached hydrogens (tertiary/aromatic N) is 5. The third-order valence-corrected chi connectivity index (χ3v) is 14.0. The van der Waals surface area contributed by atoms with E-state index in [1.54, 1.807) is 31.4 Å². The molecule has 75 heavy (non-hydrogen) atoms. The van der Waals surface area contributed by atoms with Gasteiger partial charge in [-0.3, -0.25) is 29.1 Å². The zero-order valence-corrected chi connectivity index (χ0v) is 44.5. The van der Waals surface area contributed by atoms with Crippen molar-refractivity contribution in [3.63, 3.8) is 0 Å². The van der Waals surface area contributed by atoms with E-state index in [1.807, 2.05) is 12.1 Å². The zero-order valence-electron chi connectivity index (χ0n) is 42.9. The molecular weight excluding hydrogens is 1000 g/mol. The monoisotopic (exact) mass is 1070 g/mol. The number of methoxy groups -OCH3 is 2. The summed E-state index contributed by atoms with van der Waals surface area (Å²) in [4.78, 5) is 62.3. The molecule has 0 aliphatic carbocycles. The minimum atomic E-state index is -0.915. The van der Waals surface area contributed by atoms with Crippen LogP contribution in [0.2, 0.25) is 10.0 Å². The van der Waals surface area contributed by atoms with Gasteiger partial charge in [-0.2, -0.15) is 5.26 Å². The van der Waals surface area contributed by atoms with Crippen LogP contribution in [0, 0.1) is 11.3 Å². The summed E-state index contributed by atoms with van der Waals surface area (Å²) in [5.74, 6) is -0.249. The van der Waals surface area contributed by atoms with Gasteiger partial charge in [0, 0.05) is 81.8 Å². The van der Waals surface area contributed by atoms with Gasteiger partial charge in [-0.1, -0.05) is 55.1 Å². The average molecular weight is 1070 g/mol. The summed E-state index contributed by atoms with van der Waals surface area (Å²) in [6, 6.07) is 13.0. The third-order valence-electron chi connectivity index (χ3n) is 13.4. The number of ether oxygens (including phenoxy) is 6. The Morgan fingerprint density at radius 2 is 1.44 bits per heavy atom. The van der Waals surface area contributed by atoms with Gasteiger partial charge in [-0.25, -0.2) is 0 Å². The lowest BCUT2D eigenvalue weighted by Gasteiger charge is -2.34. The number of piperazine rings is 1. The number of amides is 4. The Bertz CT molecular complexity index is 2690. The van der Waals surface area contributed by atoms with Gasteiger partial charge >= 0.3 is 0 Å². The van der Waals surface area contributed by atoms with E-state index < -0.39 is 23.8 Å². The Morgan fingerprint density at radius 1 is 0.773 bits per heavy atom. The highest BCUT2D eigenvalue weighted by Gasteiger charge is 2.45. The minimum Gasteiger partial charge on any atom is -0.495 e. The lowest BCUT2D eigenvalue weighted by Crippen LogP contribution is -2.51. The maximum Gasteiger partial charge on any atom is 0.264 e. The molecule has 3 aliphatic rings. The summed E-state index contributed by atoms with van der Waals surface area (Å²) in [6.45, 7) is 13.9. The number of hydrogen-bond donors (Lipinski definition) is 3. The molecule has 1 aromatic heterocycles. The first-order chi connectivity index (χ1) is 36.5. The predicted molar refractivity (Wildman–Crippen MR) is 288 cm³/mol. The van der Waals surface area contributed by atoms with Crippen LogP contribution >= 0.6 is 23.2 Å². The van der Waals surface area contributed by atoms with Crippen LogP contribution in [0.4, 0.5) is 17.1 Å². The van der Waals surface area contributed by atoms with Gasteiger partial charge in [-0.05, 0) is 75.8 Å². The van der Waals surface area contributed by atoms with Gasteiger partial charge in [-0.15, -0.1) is 0 Å². The molecule has 18 nitrogen and oxygen atoms in total. The topological polar surface area (TPSA) is 206 Å². The lowest BCUT2D eigenvalue weighted by atomic mass is 10.0. The summed E-state index contributed by atoms with van der Waals surface area (Å²) in [5, 5.41) is 20.0. The van der Waals surface area contributed by atoms with Crippen molar-refractivity contribution < 1.29 is 47.6 Å². The second-order valence-corrected chi connectivity index (χ2v) is 19.4. The minimum absolute atomic E-state index is 0.118. The number of rotatable bonds is 30. The van der Waals surface area contributed by atoms with Crippen LogP contribution in [0.3, 0.4) is 0 Å². The Balaban J connectivity index is 0.657. The lowest BCUT2D eigenvalue weighted by molar-refractivity contribution is -0.125. The number of piperidine rings is 1. The number of aromatic nitrogens is 1. The van der Waals surface area contributed by atoms with Crippen molar-refractivity contribution >= 4 is 74.8 Å². The van der Waals surface area contributed by atoms with Gasteiger partial charge in [0.2, 0.25) is 11.8 Å². The third kappa shape index (κ3) is 15.5. The number of benzene rings is 3. The summed E-state index contributed by atoms with van der Waals surface area (Å²) in [7, 11) is 3.11. The Hall–Kier alpha value is -6.04. The number of nitriles is 1. The number of carbonyl (C=O) groups is 4. The first kappa shape index (κ1) is 56.7. The molecule has 7 rings (SSSR count). The Labute approximate surface area is 448 Å². The number of fused-ring (bicyclic) bond motifs is 2. The fraction of sp³-hybridized carbons (Fsp3) is 0.491. The maximum atomic E-state index is 13.3. The van der Waals surface area contributed by atoms with E-state index in [1.165, 1.54) is 32.2 Å². The van der Waals surface area contributed by atoms with E-state index in [0.29, 0.717) is 120 Å². The second kappa shape index (κ2) is 28.7. The molecule has 3 aromatic carbocycles. The van der Waals surface area contributed by atoms with Crippen LogP contribution in [0.25, 0.3) is 10.9 Å². The number of nitrogens with one attached hydrogen (secondary N) is 3. The SMILES string of the molecule is C=C1CCC(N2C(=O)c3cccc(NC(=O)CCCCCOCCOCCOCCCCCCN4CCN(CCCOc5cc6ncc(C#N)c(Nc7cc(OC)c(Cl)cc7Cl)c6cc5OC)CC4)c3C2=O)C(=O)N1. The van der Waals surface area contributed by atoms with E-state index in [4.69, 9.17) is 51.6 Å². The van der Waals surface area contributed by atoms with E-state index in [2.05, 4.69) is 43.4 Å². The number of anilines is 3. The van der Waals surface area contributed by atoms with Crippen LogP contribution in [0.5, 0.6) is 17.2 Å². The molecule has 4 aromatic rings. The highest BCUT2D eigenvalue weighted by molar-refractivity contribution is 6.37. The summed E-state index contributed by atoms with van der Waals surface area (Å²) in [6.07, 6.45) is 10.2. The standard InChI is InChI=1S/C55H68Cl2N8O10/c1-37-16-17-46(53(67)60-37)65-54(68)39-13-11-14-43(51(39)55(65)69)61-50(66)15-7-6-10-25-73-28-30-74-29-27-72-24-9-5-4-8-18-63-20-22-64(23-21-63)19-12-26-75-49-33-44-40(31-48(49)71-3)52(38(35-58)36-59-44)62-45-34-47(70-2)42(57)32-41(45)56/h11,13-14,31-34,36,46H,1,4-10,12,15-30H2,2-3H3,(H,59,62)(H,60,67)(H,61,66). The van der Waals surface area contributed by atoms with Crippen molar-refractivity contribution in [2.75, 3.05) is 110 Å². The maximum absolute atomic E-state index is 13.3. The number of carbonyl (C=O) groups excluding carboxylic acids is 4. The smallest absolute Gasteiger partial charge is 0.264 e. The molecule has 2 fully saturated rings. The number of allylic oxidation sites excluding steroid dienone is 1. The second-order valence-electron chi connectivity index (χ2n) is 18.6. The van der Waals surface area contributed by atoms with E-state index in [-0.39, 0.29) is 29.1 Å². The van der Waals surface area contributed by atoms with Crippen molar-refractivity contribution in [2.45, 2.75) is 76.7 Å². The fourth-order valence-electron chi connectivity index (χ4n) is 9.33. The Kier molecular flexibility index (Phi) is 21.7. The fourth-order valence-corrected chi connectivity index (χ4v) is 9.84. The molecule has 3 N–H and O–H groups in total. The molecule has 20 heteroatoms. The van der Waals surface area contributed by atoms with Gasteiger partial charge < -0.3 is 54.2 Å². The normalized spacial score (nSPS) is 16.0. The number of unbranched alkanes of at least 4 members (excludes halogenated alkanes) is 5. The first-order valence-electron chi connectivity index (χ1n) is 25.8. The molecule has 2 saturated heterocycles. The van der Waals surface area contributed by atoms with E-state index >= 15 is 0 Å². The van der Waals surface area contributed by atoms with Crippen LogP contribution in [0.15, 0.2) is 60.9 Å². The largest absolute Gasteiger partial charge is 0.495 e. The highest BCUT2D eigenvalue weighted by Crippen LogP contribution is 2.41. The van der Waals surface area contributed by atoms with Crippen LogP contribution in [-0.4, -0.2) is 149 Å². The average Bonchev–Trinajstić information content (AvgIpc) is 3.66. The molecule has 4 heterocycles. The number of pyridine rings is 1. The zero-order chi connectivity index (χ0) is 53.1. The molecule has 1 unspecified atom stereocenters. The summed E-state index contributed by atoms with van der Waals surface area (Å²) in [5.41, 5.74) is 3.15. The van der Waals surface area contributed by atoms with Crippen molar-refractivity contribution in [3.05, 3.63) is 87.7 Å². The first-order valence-corrected chi connectivity index (χ1v) is 26.6. The van der Waals surface area contributed by atoms with Crippen LogP contribution in [0.1, 0.15) is 96.9 Å².